The first-order valence-corrected chi connectivity index (χ1v) is 13.1. The van der Waals surface area contributed by atoms with Crippen molar-refractivity contribution in [2.24, 2.45) is 5.73 Å². The SMILES string of the molecule is CC.CCOC(=O)Nc1nc2c(-c3ncccn3)cc(-c3ccc(CN(CC)CCOC)nc3)cc2[nH]1.CN. The Bertz CT molecular complexity index is 1260. The lowest BCUT2D eigenvalue weighted by Crippen LogP contribution is -2.27. The van der Waals surface area contributed by atoms with E-state index in [0.717, 1.165) is 47.5 Å². The van der Waals surface area contributed by atoms with Gasteiger partial charge in [0, 0.05) is 49.9 Å². The minimum Gasteiger partial charge on any atom is -0.450 e. The number of ether oxygens (including phenoxy) is 2. The highest BCUT2D eigenvalue weighted by Crippen LogP contribution is 2.32. The van der Waals surface area contributed by atoms with Crippen molar-refractivity contribution < 1.29 is 14.3 Å². The molecule has 0 saturated heterocycles. The van der Waals surface area contributed by atoms with E-state index in [9.17, 15) is 4.79 Å². The van der Waals surface area contributed by atoms with Crippen molar-refractivity contribution in [1.29, 1.82) is 0 Å². The molecule has 0 atom stereocenters. The van der Waals surface area contributed by atoms with Crippen LogP contribution in [-0.4, -0.2) is 76.4 Å². The molecule has 4 N–H and O–H groups in total. The Morgan fingerprint density at radius 1 is 1.08 bits per heavy atom. The van der Waals surface area contributed by atoms with E-state index in [4.69, 9.17) is 9.47 Å². The number of fused-ring (bicyclic) bond motifs is 1. The summed E-state index contributed by atoms with van der Waals surface area (Å²) in [6, 6.07) is 9.81. The Morgan fingerprint density at radius 2 is 1.82 bits per heavy atom. The summed E-state index contributed by atoms with van der Waals surface area (Å²) in [5, 5.41) is 2.62. The molecule has 0 saturated carbocycles. The molecule has 3 heterocycles. The Kier molecular flexibility index (Phi) is 13.5. The highest BCUT2D eigenvalue weighted by atomic mass is 16.5. The van der Waals surface area contributed by atoms with Crippen molar-refractivity contribution in [2.45, 2.75) is 34.2 Å². The third-order valence-corrected chi connectivity index (χ3v) is 5.49. The van der Waals surface area contributed by atoms with Gasteiger partial charge in [0.05, 0.1) is 24.4 Å². The summed E-state index contributed by atoms with van der Waals surface area (Å²) in [4.78, 5) is 35.4. The summed E-state index contributed by atoms with van der Waals surface area (Å²) >= 11 is 0. The molecule has 39 heavy (non-hydrogen) atoms. The number of carbonyl (C=O) groups excluding carboxylic acids is 1. The van der Waals surface area contributed by atoms with Crippen LogP contribution in [0.5, 0.6) is 0 Å². The number of aromatic amines is 1. The van der Waals surface area contributed by atoms with Crippen LogP contribution in [0, 0.1) is 0 Å². The predicted octanol–water partition coefficient (Wildman–Crippen LogP) is 4.72. The third kappa shape index (κ3) is 8.81. The number of H-pyrrole nitrogens is 1. The molecule has 0 radical (unpaired) electrons. The van der Waals surface area contributed by atoms with Crippen molar-refractivity contribution in [3.05, 3.63) is 54.6 Å². The number of nitrogens with zero attached hydrogens (tertiary/aromatic N) is 5. The van der Waals surface area contributed by atoms with Crippen molar-refractivity contribution in [1.82, 2.24) is 29.8 Å². The Labute approximate surface area is 230 Å². The minimum absolute atomic E-state index is 0.269. The third-order valence-electron chi connectivity index (χ3n) is 5.49. The van der Waals surface area contributed by atoms with E-state index in [2.05, 4.69) is 53.9 Å². The first-order valence-electron chi connectivity index (χ1n) is 13.1. The molecule has 11 nitrogen and oxygen atoms in total. The Morgan fingerprint density at radius 3 is 2.44 bits per heavy atom. The van der Waals surface area contributed by atoms with Crippen LogP contribution in [0.1, 0.15) is 33.4 Å². The molecular formula is C28H40N8O3. The van der Waals surface area contributed by atoms with Gasteiger partial charge in [0.2, 0.25) is 5.95 Å². The molecule has 0 bridgehead atoms. The number of rotatable bonds is 10. The second-order valence-electron chi connectivity index (χ2n) is 7.82. The van der Waals surface area contributed by atoms with E-state index in [1.54, 1.807) is 32.5 Å². The van der Waals surface area contributed by atoms with Crippen molar-refractivity contribution in [3.63, 3.8) is 0 Å². The molecular weight excluding hydrogens is 496 g/mol. The smallest absolute Gasteiger partial charge is 0.413 e. The van der Waals surface area contributed by atoms with Crippen LogP contribution in [0.25, 0.3) is 33.5 Å². The standard InChI is InChI=1S/C25H29N7O3.C2H6.CH5N/c1-4-32(11-12-34-3)16-19-8-7-17(15-28-19)18-13-20(23-26-9-6-10-27-23)22-21(14-18)29-24(30-22)31-25(33)35-5-2;2*1-2/h6-10,13-15H,4-5,11-12,16H2,1-3H3,(H2,29,30,31,33);1-2H3;2H2,1H3. The molecule has 0 aliphatic heterocycles. The minimum atomic E-state index is -0.573. The number of pyridine rings is 1. The number of benzene rings is 1. The Balaban J connectivity index is 0.00000127. The van der Waals surface area contributed by atoms with Crippen LogP contribution in [0.3, 0.4) is 0 Å². The molecule has 4 aromatic rings. The van der Waals surface area contributed by atoms with E-state index in [1.165, 1.54) is 7.05 Å². The van der Waals surface area contributed by atoms with Crippen molar-refractivity contribution in [3.8, 4) is 22.5 Å². The van der Waals surface area contributed by atoms with Crippen molar-refractivity contribution >= 4 is 23.1 Å². The Hall–Kier alpha value is -3.93. The number of hydrogen-bond acceptors (Lipinski definition) is 9. The molecule has 0 aliphatic carbocycles. The maximum atomic E-state index is 11.9. The highest BCUT2D eigenvalue weighted by molar-refractivity contribution is 5.96. The fraction of sp³-hybridized carbons (Fsp3) is 0.393. The van der Waals surface area contributed by atoms with Crippen molar-refractivity contribution in [2.75, 3.05) is 45.8 Å². The number of hydrogen-bond donors (Lipinski definition) is 3. The van der Waals surface area contributed by atoms with Gasteiger partial charge in [-0.1, -0.05) is 26.8 Å². The lowest BCUT2D eigenvalue weighted by atomic mass is 10.0. The van der Waals surface area contributed by atoms with Crippen LogP contribution in [0.15, 0.2) is 48.9 Å². The molecule has 11 heteroatoms. The number of likely N-dealkylation sites (N-methyl/N-ethyl adjacent to an activating group) is 1. The van der Waals surface area contributed by atoms with Gasteiger partial charge in [0.25, 0.3) is 0 Å². The molecule has 1 aromatic carbocycles. The van der Waals surface area contributed by atoms with Crippen LogP contribution in [-0.2, 0) is 16.0 Å². The van der Waals surface area contributed by atoms with Gasteiger partial charge in [0.1, 0.15) is 5.52 Å². The molecule has 0 unspecified atom stereocenters. The second-order valence-corrected chi connectivity index (χ2v) is 7.82. The average molecular weight is 537 g/mol. The first kappa shape index (κ1) is 31.3. The average Bonchev–Trinajstić information content (AvgIpc) is 3.40. The maximum Gasteiger partial charge on any atom is 0.413 e. The van der Waals surface area contributed by atoms with Crippen LogP contribution < -0.4 is 11.1 Å². The number of aromatic nitrogens is 5. The topological polar surface area (TPSA) is 144 Å². The zero-order chi connectivity index (χ0) is 28.6. The van der Waals surface area contributed by atoms with Crippen LogP contribution in [0.4, 0.5) is 10.7 Å². The molecule has 0 spiro atoms. The lowest BCUT2D eigenvalue weighted by Gasteiger charge is -2.19. The molecule has 0 aliphatic rings. The molecule has 1 amide bonds. The van der Waals surface area contributed by atoms with E-state index in [-0.39, 0.29) is 12.6 Å². The number of methoxy groups -OCH3 is 1. The van der Waals surface area contributed by atoms with Gasteiger partial charge in [-0.2, -0.15) is 0 Å². The van der Waals surface area contributed by atoms with Gasteiger partial charge in [-0.25, -0.2) is 19.7 Å². The predicted molar refractivity (Wildman–Crippen MR) is 155 cm³/mol. The van der Waals surface area contributed by atoms with Gasteiger partial charge < -0.3 is 20.2 Å². The van der Waals surface area contributed by atoms with E-state index >= 15 is 0 Å². The lowest BCUT2D eigenvalue weighted by molar-refractivity contribution is 0.147. The van der Waals surface area contributed by atoms with Gasteiger partial charge in [-0.05, 0) is 50.3 Å². The molecule has 0 fully saturated rings. The number of amides is 1. The number of nitrogens with two attached hydrogens (primary N) is 1. The monoisotopic (exact) mass is 536 g/mol. The summed E-state index contributed by atoms with van der Waals surface area (Å²) < 4.78 is 10.2. The van der Waals surface area contributed by atoms with Gasteiger partial charge >= 0.3 is 6.09 Å². The zero-order valence-electron chi connectivity index (χ0n) is 23.7. The summed E-state index contributed by atoms with van der Waals surface area (Å²) in [6.07, 6.45) is 4.66. The molecule has 3 aromatic heterocycles. The van der Waals surface area contributed by atoms with Gasteiger partial charge in [-0.15, -0.1) is 0 Å². The van der Waals surface area contributed by atoms with Crippen LogP contribution in [0.2, 0.25) is 0 Å². The second kappa shape index (κ2) is 16.8. The summed E-state index contributed by atoms with van der Waals surface area (Å²) in [5.74, 6) is 0.826. The summed E-state index contributed by atoms with van der Waals surface area (Å²) in [5.41, 5.74) is 9.49. The van der Waals surface area contributed by atoms with Crippen LogP contribution >= 0.6 is 0 Å². The summed E-state index contributed by atoms with van der Waals surface area (Å²) in [6.45, 7) is 11.4. The number of carbonyl (C=O) groups is 1. The fourth-order valence-corrected chi connectivity index (χ4v) is 3.70. The molecule has 4 rings (SSSR count). The van der Waals surface area contributed by atoms with Gasteiger partial charge in [0.15, 0.2) is 5.82 Å². The van der Waals surface area contributed by atoms with E-state index < -0.39 is 6.09 Å². The maximum absolute atomic E-state index is 11.9. The quantitative estimate of drug-likeness (QED) is 0.262. The molecule has 210 valence electrons. The largest absolute Gasteiger partial charge is 0.450 e. The van der Waals surface area contributed by atoms with Gasteiger partial charge in [-0.3, -0.25) is 15.2 Å². The highest BCUT2D eigenvalue weighted by Gasteiger charge is 2.16. The van der Waals surface area contributed by atoms with E-state index in [1.807, 2.05) is 38.2 Å². The fourth-order valence-electron chi connectivity index (χ4n) is 3.70. The number of nitrogens with one attached hydrogen (secondary N) is 2. The number of imidazole rings is 1. The van der Waals surface area contributed by atoms with E-state index in [0.29, 0.717) is 17.9 Å². The first-order chi connectivity index (χ1) is 19.1. The number of anilines is 1. The normalized spacial score (nSPS) is 10.4. The summed E-state index contributed by atoms with van der Waals surface area (Å²) in [7, 11) is 3.21. The zero-order valence-corrected chi connectivity index (χ0v) is 23.7.